The standard InChI is InChI=1S/C24H21FN6O2/c1-14-20-17(13-18(19-8-5-11-33-19)27-22(20)31(3)29-14)24(32)28-21(23-26-9-10-30(23)2)15-6-4-7-16(25)12-15/h4-13,21H,1-3H3,(H,28,32). The normalized spacial score (nSPS) is 12.2. The van der Waals surface area contributed by atoms with Crippen LogP contribution in [0, 0.1) is 12.7 Å². The van der Waals surface area contributed by atoms with Gasteiger partial charge in [-0.1, -0.05) is 12.1 Å². The molecule has 0 bridgehead atoms. The Morgan fingerprint density at radius 3 is 2.73 bits per heavy atom. The molecule has 0 radical (unpaired) electrons. The highest BCUT2D eigenvalue weighted by Crippen LogP contribution is 2.28. The zero-order valence-corrected chi connectivity index (χ0v) is 18.3. The fraction of sp³-hybridized carbons (Fsp3) is 0.167. The molecule has 8 nitrogen and oxygen atoms in total. The third-order valence-corrected chi connectivity index (χ3v) is 5.56. The summed E-state index contributed by atoms with van der Waals surface area (Å²) in [6, 6.07) is 10.7. The number of rotatable bonds is 5. The van der Waals surface area contributed by atoms with Gasteiger partial charge in [0.2, 0.25) is 0 Å². The van der Waals surface area contributed by atoms with Gasteiger partial charge in [0.05, 0.1) is 22.9 Å². The number of carbonyl (C=O) groups excluding carboxylic acids is 1. The number of hydrogen-bond acceptors (Lipinski definition) is 5. The van der Waals surface area contributed by atoms with Crippen LogP contribution in [-0.4, -0.2) is 30.2 Å². The van der Waals surface area contributed by atoms with Crippen molar-refractivity contribution in [3.05, 3.63) is 89.6 Å². The molecule has 1 N–H and O–H groups in total. The number of pyridine rings is 1. The molecule has 1 amide bonds. The summed E-state index contributed by atoms with van der Waals surface area (Å²) in [5.41, 5.74) is 2.73. The zero-order chi connectivity index (χ0) is 23.1. The number of nitrogens with zero attached hydrogens (tertiary/aromatic N) is 5. The minimum Gasteiger partial charge on any atom is -0.463 e. The predicted molar refractivity (Wildman–Crippen MR) is 120 cm³/mol. The molecule has 0 saturated heterocycles. The minimum absolute atomic E-state index is 0.358. The van der Waals surface area contributed by atoms with E-state index in [0.29, 0.717) is 45.1 Å². The monoisotopic (exact) mass is 444 g/mol. The molecule has 0 aliphatic carbocycles. The Bertz CT molecular complexity index is 1470. The van der Waals surface area contributed by atoms with Crippen LogP contribution in [0.1, 0.15) is 33.5 Å². The first-order valence-electron chi connectivity index (χ1n) is 10.3. The van der Waals surface area contributed by atoms with Crippen LogP contribution in [0.2, 0.25) is 0 Å². The summed E-state index contributed by atoms with van der Waals surface area (Å²) < 4.78 is 23.0. The highest BCUT2D eigenvalue weighted by molar-refractivity contribution is 6.07. The molecule has 0 saturated carbocycles. The Morgan fingerprint density at radius 1 is 1.18 bits per heavy atom. The van der Waals surface area contributed by atoms with Gasteiger partial charge in [-0.2, -0.15) is 5.10 Å². The fourth-order valence-corrected chi connectivity index (χ4v) is 4.02. The van der Waals surface area contributed by atoms with Crippen LogP contribution >= 0.6 is 0 Å². The summed E-state index contributed by atoms with van der Waals surface area (Å²) in [5, 5.41) is 8.12. The Kier molecular flexibility index (Phi) is 5.01. The number of carbonyl (C=O) groups is 1. The van der Waals surface area contributed by atoms with Gasteiger partial charge >= 0.3 is 0 Å². The van der Waals surface area contributed by atoms with Crippen LogP contribution in [0.15, 0.2) is 65.5 Å². The second-order valence-corrected chi connectivity index (χ2v) is 7.80. The molecule has 5 aromatic rings. The van der Waals surface area contributed by atoms with Crippen molar-refractivity contribution in [3.63, 3.8) is 0 Å². The van der Waals surface area contributed by atoms with Gasteiger partial charge in [-0.25, -0.2) is 14.4 Å². The first-order valence-corrected chi connectivity index (χ1v) is 10.3. The van der Waals surface area contributed by atoms with Crippen molar-refractivity contribution in [2.75, 3.05) is 0 Å². The smallest absolute Gasteiger partial charge is 0.253 e. The number of hydrogen-bond donors (Lipinski definition) is 1. The molecule has 33 heavy (non-hydrogen) atoms. The number of benzene rings is 1. The largest absolute Gasteiger partial charge is 0.463 e. The maximum absolute atomic E-state index is 14.0. The van der Waals surface area contributed by atoms with Gasteiger partial charge in [0, 0.05) is 26.5 Å². The number of aryl methyl sites for hydroxylation is 3. The molecule has 1 unspecified atom stereocenters. The molecule has 0 spiro atoms. The SMILES string of the molecule is Cc1nn(C)c2nc(-c3ccco3)cc(C(=O)NC(c3cccc(F)c3)c3nccn3C)c12. The Balaban J connectivity index is 1.63. The number of halogens is 1. The summed E-state index contributed by atoms with van der Waals surface area (Å²) in [7, 11) is 3.60. The van der Waals surface area contributed by atoms with E-state index in [0.717, 1.165) is 0 Å². The summed E-state index contributed by atoms with van der Waals surface area (Å²) >= 11 is 0. The lowest BCUT2D eigenvalue weighted by Gasteiger charge is -2.20. The molecule has 9 heteroatoms. The number of nitrogens with one attached hydrogen (secondary N) is 1. The van der Waals surface area contributed by atoms with Crippen molar-refractivity contribution in [3.8, 4) is 11.5 Å². The van der Waals surface area contributed by atoms with Crippen LogP contribution in [0.25, 0.3) is 22.5 Å². The van der Waals surface area contributed by atoms with Gasteiger partial charge in [0.25, 0.3) is 5.91 Å². The van der Waals surface area contributed by atoms with Crippen molar-refractivity contribution in [2.24, 2.45) is 14.1 Å². The third-order valence-electron chi connectivity index (χ3n) is 5.56. The zero-order valence-electron chi connectivity index (χ0n) is 18.3. The second-order valence-electron chi connectivity index (χ2n) is 7.80. The maximum atomic E-state index is 14.0. The van der Waals surface area contributed by atoms with Crippen LogP contribution in [-0.2, 0) is 14.1 Å². The highest BCUT2D eigenvalue weighted by Gasteiger charge is 2.25. The number of furan rings is 1. The molecular weight excluding hydrogens is 423 g/mol. The molecular formula is C24H21FN6O2. The van der Waals surface area contributed by atoms with Crippen molar-refractivity contribution >= 4 is 16.9 Å². The summed E-state index contributed by atoms with van der Waals surface area (Å²) in [6.07, 6.45) is 4.97. The first kappa shape index (κ1) is 20.6. The van der Waals surface area contributed by atoms with E-state index in [9.17, 15) is 9.18 Å². The van der Waals surface area contributed by atoms with Crippen LogP contribution in [0.4, 0.5) is 4.39 Å². The Hall–Kier alpha value is -4.27. The van der Waals surface area contributed by atoms with E-state index in [1.54, 1.807) is 65.3 Å². The van der Waals surface area contributed by atoms with Gasteiger partial charge in [-0.3, -0.25) is 9.48 Å². The summed E-state index contributed by atoms with van der Waals surface area (Å²) in [5.74, 6) is 0.364. The molecule has 1 aromatic carbocycles. The fourth-order valence-electron chi connectivity index (χ4n) is 4.02. The van der Waals surface area contributed by atoms with Crippen molar-refractivity contribution < 1.29 is 13.6 Å². The third kappa shape index (κ3) is 3.67. The number of amides is 1. The van der Waals surface area contributed by atoms with E-state index in [1.807, 2.05) is 14.0 Å². The van der Waals surface area contributed by atoms with Crippen LogP contribution < -0.4 is 5.32 Å². The molecule has 5 rings (SSSR count). The van der Waals surface area contributed by atoms with Crippen LogP contribution in [0.3, 0.4) is 0 Å². The van der Waals surface area contributed by atoms with Gasteiger partial charge in [-0.05, 0) is 42.8 Å². The molecule has 0 aliphatic rings. The summed E-state index contributed by atoms with van der Waals surface area (Å²) in [6.45, 7) is 1.83. The van der Waals surface area contributed by atoms with Gasteiger partial charge in [-0.15, -0.1) is 0 Å². The van der Waals surface area contributed by atoms with Crippen molar-refractivity contribution in [1.29, 1.82) is 0 Å². The van der Waals surface area contributed by atoms with E-state index in [4.69, 9.17) is 4.42 Å². The molecule has 0 fully saturated rings. The molecule has 0 aliphatic heterocycles. The first-order chi connectivity index (χ1) is 15.9. The molecule has 1 atom stereocenters. The maximum Gasteiger partial charge on any atom is 0.253 e. The molecule has 166 valence electrons. The lowest BCUT2D eigenvalue weighted by molar-refractivity contribution is 0.0942. The number of aromatic nitrogens is 5. The minimum atomic E-state index is -0.666. The predicted octanol–water partition coefficient (Wildman–Crippen LogP) is 3.93. The highest BCUT2D eigenvalue weighted by atomic mass is 19.1. The second kappa shape index (κ2) is 8.01. The number of fused-ring (bicyclic) bond motifs is 1. The Morgan fingerprint density at radius 2 is 2.03 bits per heavy atom. The lowest BCUT2D eigenvalue weighted by atomic mass is 10.0. The average molecular weight is 444 g/mol. The van der Waals surface area contributed by atoms with Gasteiger partial charge in [0.1, 0.15) is 23.4 Å². The van der Waals surface area contributed by atoms with E-state index in [1.165, 1.54) is 12.1 Å². The topological polar surface area (TPSA) is 90.8 Å². The lowest BCUT2D eigenvalue weighted by Crippen LogP contribution is -2.31. The van der Waals surface area contributed by atoms with Gasteiger partial charge in [0.15, 0.2) is 11.4 Å². The van der Waals surface area contributed by atoms with E-state index < -0.39 is 11.9 Å². The van der Waals surface area contributed by atoms with Crippen molar-refractivity contribution in [2.45, 2.75) is 13.0 Å². The number of imidazole rings is 1. The van der Waals surface area contributed by atoms with Crippen molar-refractivity contribution in [1.82, 2.24) is 29.6 Å². The quantitative estimate of drug-likeness (QED) is 0.444. The van der Waals surface area contributed by atoms with Gasteiger partial charge < -0.3 is 14.3 Å². The Labute approximate surface area is 188 Å². The molecule has 4 aromatic heterocycles. The summed E-state index contributed by atoms with van der Waals surface area (Å²) in [4.78, 5) is 22.7. The average Bonchev–Trinajstić information content (AvgIpc) is 3.53. The van der Waals surface area contributed by atoms with E-state index in [-0.39, 0.29) is 5.91 Å². The van der Waals surface area contributed by atoms with E-state index in [2.05, 4.69) is 20.4 Å². The molecule has 4 heterocycles. The van der Waals surface area contributed by atoms with E-state index >= 15 is 0 Å². The van der Waals surface area contributed by atoms with Crippen LogP contribution in [0.5, 0.6) is 0 Å².